The lowest BCUT2D eigenvalue weighted by Crippen LogP contribution is -2.47. The second-order valence-electron chi connectivity index (χ2n) is 6.90. The Morgan fingerprint density at radius 3 is 2.37 bits per heavy atom. The smallest absolute Gasteiger partial charge is 0.251 e. The van der Waals surface area contributed by atoms with Gasteiger partial charge in [0.2, 0.25) is 0 Å². The Morgan fingerprint density at radius 2 is 1.70 bits per heavy atom. The molecule has 0 aliphatic carbocycles. The first-order chi connectivity index (χ1) is 13.3. The third kappa shape index (κ3) is 6.01. The summed E-state index contributed by atoms with van der Waals surface area (Å²) in [5.74, 6) is 1.01. The topological polar surface area (TPSA) is 35.6 Å². The van der Waals surface area contributed by atoms with Crippen LogP contribution in [-0.4, -0.2) is 56.3 Å². The molecule has 0 unspecified atom stereocenters. The molecule has 1 amide bonds. The molecular weight excluding hydrogens is 354 g/mol. The van der Waals surface area contributed by atoms with Crippen LogP contribution in [-0.2, 0) is 5.75 Å². The van der Waals surface area contributed by atoms with Crippen molar-refractivity contribution in [3.05, 3.63) is 65.7 Å². The maximum Gasteiger partial charge on any atom is 0.251 e. The number of nitrogens with one attached hydrogen (secondary N) is 1. The summed E-state index contributed by atoms with van der Waals surface area (Å²) in [6.45, 7) is 6.07. The van der Waals surface area contributed by atoms with Crippen molar-refractivity contribution in [2.24, 2.45) is 0 Å². The van der Waals surface area contributed by atoms with Crippen molar-refractivity contribution in [1.29, 1.82) is 0 Å². The minimum atomic E-state index is 0.0274. The van der Waals surface area contributed by atoms with Crippen molar-refractivity contribution in [3.8, 4) is 0 Å². The molecule has 5 heteroatoms. The molecule has 4 nitrogen and oxygen atoms in total. The zero-order chi connectivity index (χ0) is 18.9. The summed E-state index contributed by atoms with van der Waals surface area (Å²) in [6, 6.07) is 18.5. The predicted octanol–water partition coefficient (Wildman–Crippen LogP) is 3.49. The van der Waals surface area contributed by atoms with Gasteiger partial charge in [0, 0.05) is 49.7 Å². The Hall–Kier alpha value is -1.98. The zero-order valence-corrected chi connectivity index (χ0v) is 16.9. The summed E-state index contributed by atoms with van der Waals surface area (Å²) in [5, 5.41) is 3.04. The van der Waals surface area contributed by atoms with Gasteiger partial charge in [-0.1, -0.05) is 30.3 Å². The van der Waals surface area contributed by atoms with Gasteiger partial charge < -0.3 is 10.2 Å². The van der Waals surface area contributed by atoms with E-state index in [1.165, 1.54) is 11.3 Å². The Morgan fingerprint density at radius 1 is 1.00 bits per heavy atom. The maximum atomic E-state index is 12.2. The van der Waals surface area contributed by atoms with E-state index in [9.17, 15) is 4.79 Å². The number of piperazine rings is 1. The molecule has 1 aliphatic rings. The SMILES string of the molecule is CSCc1ccc(C(=O)NCCCN2CCN(c3ccccc3)CC2)cc1. The van der Waals surface area contributed by atoms with Crippen LogP contribution in [0.3, 0.4) is 0 Å². The average Bonchev–Trinajstić information content (AvgIpc) is 2.73. The zero-order valence-electron chi connectivity index (χ0n) is 16.1. The van der Waals surface area contributed by atoms with Crippen molar-refractivity contribution < 1.29 is 4.79 Å². The molecule has 0 bridgehead atoms. The molecule has 0 atom stereocenters. The molecule has 144 valence electrons. The number of rotatable bonds is 8. The molecule has 1 aliphatic heterocycles. The fraction of sp³-hybridized carbons (Fsp3) is 0.409. The van der Waals surface area contributed by atoms with Crippen molar-refractivity contribution in [2.75, 3.05) is 50.4 Å². The van der Waals surface area contributed by atoms with Gasteiger partial charge in [0.25, 0.3) is 5.91 Å². The van der Waals surface area contributed by atoms with Gasteiger partial charge in [0.1, 0.15) is 0 Å². The standard InChI is InChI=1S/C22H29N3OS/c1-27-18-19-8-10-20(11-9-19)22(26)23-12-5-13-24-14-16-25(17-15-24)21-6-3-2-4-7-21/h2-4,6-11H,5,12-18H2,1H3,(H,23,26). The first kappa shape index (κ1) is 19.8. The van der Waals surface area contributed by atoms with Crippen LogP contribution in [0, 0.1) is 0 Å². The summed E-state index contributed by atoms with van der Waals surface area (Å²) in [5.41, 5.74) is 3.32. The van der Waals surface area contributed by atoms with Gasteiger partial charge in [-0.2, -0.15) is 11.8 Å². The number of benzene rings is 2. The van der Waals surface area contributed by atoms with Crippen LogP contribution in [0.2, 0.25) is 0 Å². The summed E-state index contributed by atoms with van der Waals surface area (Å²) < 4.78 is 0. The molecule has 3 rings (SSSR count). The highest BCUT2D eigenvalue weighted by Gasteiger charge is 2.16. The average molecular weight is 384 g/mol. The fourth-order valence-corrected chi connectivity index (χ4v) is 3.92. The minimum absolute atomic E-state index is 0.0274. The van der Waals surface area contributed by atoms with Gasteiger partial charge >= 0.3 is 0 Å². The lowest BCUT2D eigenvalue weighted by atomic mass is 10.1. The molecule has 1 N–H and O–H groups in total. The van der Waals surface area contributed by atoms with Gasteiger partial charge in [-0.3, -0.25) is 9.69 Å². The highest BCUT2D eigenvalue weighted by molar-refractivity contribution is 7.97. The monoisotopic (exact) mass is 383 g/mol. The number of amides is 1. The van der Waals surface area contributed by atoms with Crippen LogP contribution in [0.4, 0.5) is 5.69 Å². The van der Waals surface area contributed by atoms with E-state index in [1.807, 2.05) is 24.3 Å². The summed E-state index contributed by atoms with van der Waals surface area (Å²) in [4.78, 5) is 17.2. The van der Waals surface area contributed by atoms with Gasteiger partial charge in [-0.05, 0) is 49.1 Å². The van der Waals surface area contributed by atoms with Crippen LogP contribution in [0.1, 0.15) is 22.3 Å². The fourth-order valence-electron chi connectivity index (χ4n) is 3.39. The van der Waals surface area contributed by atoms with Crippen molar-refractivity contribution in [1.82, 2.24) is 10.2 Å². The van der Waals surface area contributed by atoms with E-state index in [0.29, 0.717) is 0 Å². The third-order valence-corrected chi connectivity index (χ3v) is 5.58. The number of carbonyl (C=O) groups is 1. The number of para-hydroxylation sites is 1. The van der Waals surface area contributed by atoms with Crippen LogP contribution in [0.25, 0.3) is 0 Å². The Balaban J connectivity index is 1.33. The molecule has 1 saturated heterocycles. The second-order valence-corrected chi connectivity index (χ2v) is 7.77. The van der Waals surface area contributed by atoms with Crippen molar-refractivity contribution in [2.45, 2.75) is 12.2 Å². The molecule has 0 aromatic heterocycles. The predicted molar refractivity (Wildman–Crippen MR) is 116 cm³/mol. The minimum Gasteiger partial charge on any atom is -0.369 e. The highest BCUT2D eigenvalue weighted by atomic mass is 32.2. The van der Waals surface area contributed by atoms with Crippen LogP contribution >= 0.6 is 11.8 Å². The molecule has 1 heterocycles. The van der Waals surface area contributed by atoms with Gasteiger partial charge in [-0.15, -0.1) is 0 Å². The quantitative estimate of drug-likeness (QED) is 0.708. The van der Waals surface area contributed by atoms with Crippen LogP contribution in [0.5, 0.6) is 0 Å². The molecule has 1 fully saturated rings. The summed E-state index contributed by atoms with van der Waals surface area (Å²) >= 11 is 1.79. The normalized spacial score (nSPS) is 14.9. The van der Waals surface area contributed by atoms with E-state index in [2.05, 4.69) is 51.7 Å². The molecule has 27 heavy (non-hydrogen) atoms. The number of nitrogens with zero attached hydrogens (tertiary/aromatic N) is 2. The Labute approximate surface area is 166 Å². The summed E-state index contributed by atoms with van der Waals surface area (Å²) in [7, 11) is 0. The Kier molecular flexibility index (Phi) is 7.60. The van der Waals surface area contributed by atoms with Gasteiger partial charge in [0.15, 0.2) is 0 Å². The molecule has 0 spiro atoms. The molecule has 2 aromatic rings. The molecule has 2 aromatic carbocycles. The summed E-state index contributed by atoms with van der Waals surface area (Å²) in [6.07, 6.45) is 3.07. The number of hydrogen-bond acceptors (Lipinski definition) is 4. The first-order valence-electron chi connectivity index (χ1n) is 9.64. The number of hydrogen-bond donors (Lipinski definition) is 1. The molecule has 0 radical (unpaired) electrons. The van der Waals surface area contributed by atoms with Crippen LogP contribution < -0.4 is 10.2 Å². The van der Waals surface area contributed by atoms with E-state index in [-0.39, 0.29) is 5.91 Å². The van der Waals surface area contributed by atoms with Crippen molar-refractivity contribution in [3.63, 3.8) is 0 Å². The molecular formula is C22H29N3OS. The van der Waals surface area contributed by atoms with E-state index >= 15 is 0 Å². The maximum absolute atomic E-state index is 12.2. The third-order valence-electron chi connectivity index (χ3n) is 4.96. The number of anilines is 1. The second kappa shape index (κ2) is 10.4. The number of thioether (sulfide) groups is 1. The molecule has 0 saturated carbocycles. The van der Waals surface area contributed by atoms with E-state index in [0.717, 1.165) is 57.0 Å². The first-order valence-corrected chi connectivity index (χ1v) is 11.0. The number of carbonyl (C=O) groups excluding carboxylic acids is 1. The van der Waals surface area contributed by atoms with Crippen LogP contribution in [0.15, 0.2) is 54.6 Å². The van der Waals surface area contributed by atoms with E-state index in [1.54, 1.807) is 11.8 Å². The van der Waals surface area contributed by atoms with Gasteiger partial charge in [0.05, 0.1) is 0 Å². The van der Waals surface area contributed by atoms with E-state index in [4.69, 9.17) is 0 Å². The van der Waals surface area contributed by atoms with Crippen molar-refractivity contribution >= 4 is 23.4 Å². The lowest BCUT2D eigenvalue weighted by Gasteiger charge is -2.36. The Bertz CT molecular complexity index is 697. The lowest BCUT2D eigenvalue weighted by molar-refractivity contribution is 0.0951. The largest absolute Gasteiger partial charge is 0.369 e. The highest BCUT2D eigenvalue weighted by Crippen LogP contribution is 2.15. The van der Waals surface area contributed by atoms with Gasteiger partial charge in [-0.25, -0.2) is 0 Å². The van der Waals surface area contributed by atoms with E-state index < -0.39 is 0 Å².